The summed E-state index contributed by atoms with van der Waals surface area (Å²) in [6.07, 6.45) is 8.83. The van der Waals surface area contributed by atoms with Gasteiger partial charge in [0.1, 0.15) is 12.1 Å². The van der Waals surface area contributed by atoms with E-state index in [1.54, 1.807) is 6.20 Å². The second-order valence-electron chi connectivity index (χ2n) is 5.45. The van der Waals surface area contributed by atoms with Gasteiger partial charge in [-0.3, -0.25) is 9.69 Å². The van der Waals surface area contributed by atoms with Gasteiger partial charge in [-0.25, -0.2) is 9.97 Å². The van der Waals surface area contributed by atoms with E-state index in [4.69, 9.17) is 0 Å². The van der Waals surface area contributed by atoms with Gasteiger partial charge >= 0.3 is 0 Å². The summed E-state index contributed by atoms with van der Waals surface area (Å²) in [4.78, 5) is 22.9. The van der Waals surface area contributed by atoms with Crippen LogP contribution < -0.4 is 10.2 Å². The van der Waals surface area contributed by atoms with Crippen LogP contribution in [0.25, 0.3) is 0 Å². The van der Waals surface area contributed by atoms with E-state index in [9.17, 15) is 4.79 Å². The fraction of sp³-hybridized carbons (Fsp3) is 0.643. The van der Waals surface area contributed by atoms with Crippen LogP contribution in [0.15, 0.2) is 18.6 Å². The van der Waals surface area contributed by atoms with Crippen molar-refractivity contribution in [2.45, 2.75) is 44.2 Å². The molecule has 5 heteroatoms. The van der Waals surface area contributed by atoms with Gasteiger partial charge in [-0.1, -0.05) is 6.42 Å². The lowest BCUT2D eigenvalue weighted by Crippen LogP contribution is -2.48. The van der Waals surface area contributed by atoms with E-state index in [1.807, 2.05) is 18.0 Å². The Morgan fingerprint density at radius 3 is 2.95 bits per heavy atom. The third-order valence-corrected chi connectivity index (χ3v) is 4.47. The van der Waals surface area contributed by atoms with Gasteiger partial charge in [0, 0.05) is 12.2 Å². The lowest BCUT2D eigenvalue weighted by Gasteiger charge is -2.31. The number of likely N-dealkylation sites (N-methyl/N-ethyl adjacent to an activating group) is 1. The molecule has 2 fully saturated rings. The first-order valence-electron chi connectivity index (χ1n) is 7.07. The van der Waals surface area contributed by atoms with Gasteiger partial charge in [0.2, 0.25) is 5.91 Å². The van der Waals surface area contributed by atoms with Gasteiger partial charge in [0.25, 0.3) is 0 Å². The molecular formula is C14H20N4O. The molecule has 1 aromatic heterocycles. The molecule has 1 aliphatic heterocycles. The van der Waals surface area contributed by atoms with Crippen LogP contribution >= 0.6 is 0 Å². The molecule has 1 aliphatic carbocycles. The zero-order valence-corrected chi connectivity index (χ0v) is 11.2. The van der Waals surface area contributed by atoms with Crippen LogP contribution in [0.2, 0.25) is 0 Å². The molecule has 0 bridgehead atoms. The van der Waals surface area contributed by atoms with Crippen LogP contribution in [-0.4, -0.2) is 35.0 Å². The maximum Gasteiger partial charge on any atom is 0.245 e. The van der Waals surface area contributed by atoms with E-state index >= 15 is 0 Å². The maximum atomic E-state index is 12.7. The fourth-order valence-electron chi connectivity index (χ4n) is 3.51. The predicted octanol–water partition coefficient (Wildman–Crippen LogP) is 1.36. The summed E-state index contributed by atoms with van der Waals surface area (Å²) >= 11 is 0. The second-order valence-corrected chi connectivity index (χ2v) is 5.45. The molecule has 1 saturated heterocycles. The summed E-state index contributed by atoms with van der Waals surface area (Å²) in [6, 6.07) is 2.08. The molecule has 2 aliphatic rings. The van der Waals surface area contributed by atoms with Crippen molar-refractivity contribution in [3.8, 4) is 0 Å². The Bertz CT molecular complexity index is 450. The Balaban J connectivity index is 1.97. The van der Waals surface area contributed by atoms with Crippen LogP contribution in [-0.2, 0) is 4.79 Å². The minimum atomic E-state index is -0.0828. The maximum absolute atomic E-state index is 12.7. The predicted molar refractivity (Wildman–Crippen MR) is 72.7 cm³/mol. The van der Waals surface area contributed by atoms with Gasteiger partial charge in [-0.15, -0.1) is 0 Å². The number of carbonyl (C=O) groups excluding carboxylic acids is 1. The van der Waals surface area contributed by atoms with Gasteiger partial charge in [-0.05, 0) is 44.7 Å². The number of aromatic nitrogens is 2. The number of hydrogen-bond donors (Lipinski definition) is 1. The SMILES string of the molecule is CNC1CCC2CCCC2N(c2ccncn2)C1=O. The molecule has 0 spiro atoms. The Morgan fingerprint density at radius 1 is 1.32 bits per heavy atom. The summed E-state index contributed by atoms with van der Waals surface area (Å²) in [5.41, 5.74) is 0. The Labute approximate surface area is 113 Å². The number of rotatable bonds is 2. The summed E-state index contributed by atoms with van der Waals surface area (Å²) in [7, 11) is 1.86. The van der Waals surface area contributed by atoms with Gasteiger partial charge in [0.15, 0.2) is 0 Å². The number of nitrogens with one attached hydrogen (secondary N) is 1. The van der Waals surface area contributed by atoms with Gasteiger partial charge in [-0.2, -0.15) is 0 Å². The van der Waals surface area contributed by atoms with E-state index in [2.05, 4.69) is 15.3 Å². The first-order valence-corrected chi connectivity index (χ1v) is 7.07. The van der Waals surface area contributed by atoms with E-state index in [1.165, 1.54) is 19.2 Å². The Hall–Kier alpha value is -1.49. The molecule has 102 valence electrons. The molecule has 1 saturated carbocycles. The highest BCUT2D eigenvalue weighted by Crippen LogP contribution is 2.38. The third-order valence-electron chi connectivity index (χ3n) is 4.47. The number of nitrogens with zero attached hydrogens (tertiary/aromatic N) is 3. The molecule has 19 heavy (non-hydrogen) atoms. The van der Waals surface area contributed by atoms with E-state index in [0.29, 0.717) is 12.0 Å². The molecule has 1 amide bonds. The Morgan fingerprint density at radius 2 is 2.21 bits per heavy atom. The number of amides is 1. The highest BCUT2D eigenvalue weighted by Gasteiger charge is 2.41. The third kappa shape index (κ3) is 2.23. The average Bonchev–Trinajstić information content (AvgIpc) is 2.84. The van der Waals surface area contributed by atoms with Gasteiger partial charge < -0.3 is 5.32 Å². The van der Waals surface area contributed by atoms with E-state index < -0.39 is 0 Å². The van der Waals surface area contributed by atoms with Crippen molar-refractivity contribution in [2.24, 2.45) is 5.92 Å². The number of anilines is 1. The number of carbonyl (C=O) groups is 1. The van der Waals surface area contributed by atoms with Crippen LogP contribution in [0.1, 0.15) is 32.1 Å². The molecule has 3 rings (SSSR count). The first-order chi connectivity index (χ1) is 9.31. The minimum absolute atomic E-state index is 0.0828. The highest BCUT2D eigenvalue weighted by atomic mass is 16.2. The average molecular weight is 260 g/mol. The lowest BCUT2D eigenvalue weighted by molar-refractivity contribution is -0.120. The zero-order valence-electron chi connectivity index (χ0n) is 11.2. The van der Waals surface area contributed by atoms with Crippen molar-refractivity contribution in [3.05, 3.63) is 18.6 Å². The molecule has 2 heterocycles. The van der Waals surface area contributed by atoms with E-state index in [0.717, 1.165) is 25.1 Å². The van der Waals surface area contributed by atoms with Crippen molar-refractivity contribution in [2.75, 3.05) is 11.9 Å². The van der Waals surface area contributed by atoms with Crippen LogP contribution in [0, 0.1) is 5.92 Å². The largest absolute Gasteiger partial charge is 0.309 e. The van der Waals surface area contributed by atoms with Crippen LogP contribution in [0.5, 0.6) is 0 Å². The van der Waals surface area contributed by atoms with Crippen molar-refractivity contribution in [3.63, 3.8) is 0 Å². The zero-order chi connectivity index (χ0) is 13.2. The van der Waals surface area contributed by atoms with Crippen LogP contribution in [0.4, 0.5) is 5.82 Å². The van der Waals surface area contributed by atoms with Crippen molar-refractivity contribution in [1.82, 2.24) is 15.3 Å². The smallest absolute Gasteiger partial charge is 0.245 e. The van der Waals surface area contributed by atoms with Crippen molar-refractivity contribution < 1.29 is 4.79 Å². The van der Waals surface area contributed by atoms with Crippen molar-refractivity contribution in [1.29, 1.82) is 0 Å². The molecule has 1 aromatic rings. The number of fused-ring (bicyclic) bond motifs is 1. The topological polar surface area (TPSA) is 58.1 Å². The second kappa shape index (κ2) is 5.25. The summed E-state index contributed by atoms with van der Waals surface area (Å²) in [5, 5.41) is 3.15. The quantitative estimate of drug-likeness (QED) is 0.872. The van der Waals surface area contributed by atoms with Crippen molar-refractivity contribution >= 4 is 11.7 Å². The molecule has 5 nitrogen and oxygen atoms in total. The summed E-state index contributed by atoms with van der Waals surface area (Å²) in [6.45, 7) is 0. The Kier molecular flexibility index (Phi) is 3.46. The molecule has 0 radical (unpaired) electrons. The molecule has 0 aromatic carbocycles. The first kappa shape index (κ1) is 12.5. The molecule has 3 unspecified atom stereocenters. The fourth-order valence-corrected chi connectivity index (χ4v) is 3.51. The molecular weight excluding hydrogens is 240 g/mol. The lowest BCUT2D eigenvalue weighted by atomic mass is 9.97. The summed E-state index contributed by atoms with van der Waals surface area (Å²) < 4.78 is 0. The number of hydrogen-bond acceptors (Lipinski definition) is 4. The minimum Gasteiger partial charge on any atom is -0.309 e. The van der Waals surface area contributed by atoms with Gasteiger partial charge in [0.05, 0.1) is 6.04 Å². The molecule has 1 N–H and O–H groups in total. The van der Waals surface area contributed by atoms with Crippen LogP contribution in [0.3, 0.4) is 0 Å². The standard InChI is InChI=1S/C14H20N4O/c1-15-11-6-5-10-3-2-4-12(10)18(14(11)19)13-7-8-16-9-17-13/h7-12,15H,2-6H2,1H3. The summed E-state index contributed by atoms with van der Waals surface area (Å²) in [5.74, 6) is 1.53. The highest BCUT2D eigenvalue weighted by molar-refractivity contribution is 5.97. The monoisotopic (exact) mass is 260 g/mol. The molecule has 3 atom stereocenters. The normalized spacial score (nSPS) is 31.1. The van der Waals surface area contributed by atoms with E-state index in [-0.39, 0.29) is 11.9 Å².